The summed E-state index contributed by atoms with van der Waals surface area (Å²) in [4.78, 5) is 41.5. The van der Waals surface area contributed by atoms with Crippen molar-refractivity contribution >= 4 is 15.9 Å². The molecule has 0 atom stereocenters. The molecule has 0 aliphatic rings. The van der Waals surface area contributed by atoms with E-state index < -0.39 is 32.2 Å². The molecule has 2 aromatic rings. The molecule has 0 unspecified atom stereocenters. The zero-order valence-corrected chi connectivity index (χ0v) is 12.5. The molecule has 0 bridgehead atoms. The van der Waals surface area contributed by atoms with E-state index in [1.54, 1.807) is 0 Å². The minimum Gasteiger partial charge on any atom is -0.345 e. The van der Waals surface area contributed by atoms with Gasteiger partial charge in [0.2, 0.25) is 0 Å². The van der Waals surface area contributed by atoms with E-state index in [0.717, 1.165) is 12.3 Å². The van der Waals surface area contributed by atoms with Crippen molar-refractivity contribution in [3.8, 4) is 0 Å². The summed E-state index contributed by atoms with van der Waals surface area (Å²) in [5.41, 5.74) is -2.05. The van der Waals surface area contributed by atoms with Gasteiger partial charge in [-0.15, -0.1) is 0 Å². The molecule has 0 aromatic carbocycles. The highest BCUT2D eigenvalue weighted by Gasteiger charge is 2.27. The number of nitrogens with one attached hydrogen (secondary N) is 1. The Kier molecular flexibility index (Phi) is 3.95. The Hall–Kier alpha value is -2.75. The number of carbonyl (C=O) groups excluding carboxylic acids is 1. The van der Waals surface area contributed by atoms with Crippen molar-refractivity contribution in [3.63, 3.8) is 0 Å². The van der Waals surface area contributed by atoms with E-state index in [2.05, 4.69) is 4.98 Å². The molecular formula is C12H12N4O5S. The Bertz CT molecular complexity index is 942. The number of amides is 1. The predicted molar refractivity (Wildman–Crippen MR) is 76.2 cm³/mol. The fourth-order valence-corrected chi connectivity index (χ4v) is 2.99. The van der Waals surface area contributed by atoms with E-state index in [1.165, 1.54) is 37.3 Å². The molecule has 2 aromatic heterocycles. The Labute approximate surface area is 124 Å². The summed E-state index contributed by atoms with van der Waals surface area (Å²) in [5, 5.41) is -0.567. The Morgan fingerprint density at radius 1 is 1.27 bits per heavy atom. The molecule has 1 amide bonds. The summed E-state index contributed by atoms with van der Waals surface area (Å²) in [6.07, 6.45) is 2.01. The summed E-state index contributed by atoms with van der Waals surface area (Å²) in [6.45, 7) is 0. The first-order valence-corrected chi connectivity index (χ1v) is 7.43. The number of pyridine rings is 1. The third kappa shape index (κ3) is 2.68. The van der Waals surface area contributed by atoms with Crippen molar-refractivity contribution in [2.75, 3.05) is 14.1 Å². The third-order valence-corrected chi connectivity index (χ3v) is 4.32. The number of carbonyl (C=O) groups is 1. The van der Waals surface area contributed by atoms with Crippen LogP contribution in [0.3, 0.4) is 0 Å². The molecule has 2 rings (SSSR count). The van der Waals surface area contributed by atoms with Gasteiger partial charge in [-0.1, -0.05) is 0 Å². The van der Waals surface area contributed by atoms with Gasteiger partial charge in [0.15, 0.2) is 5.03 Å². The predicted octanol–water partition coefficient (Wildman–Crippen LogP) is -1.13. The van der Waals surface area contributed by atoms with Gasteiger partial charge in [-0.05, 0) is 12.1 Å². The minimum absolute atomic E-state index is 0.175. The van der Waals surface area contributed by atoms with Crippen LogP contribution in [0.1, 0.15) is 10.4 Å². The molecule has 0 saturated carbocycles. The smallest absolute Gasteiger partial charge is 0.342 e. The Morgan fingerprint density at radius 3 is 2.55 bits per heavy atom. The molecule has 116 valence electrons. The molecule has 2 heterocycles. The molecular weight excluding hydrogens is 312 g/mol. The van der Waals surface area contributed by atoms with Crippen molar-refractivity contribution in [2.45, 2.75) is 5.03 Å². The normalized spacial score (nSPS) is 11.2. The van der Waals surface area contributed by atoms with E-state index in [1.807, 2.05) is 4.98 Å². The van der Waals surface area contributed by atoms with Gasteiger partial charge in [-0.3, -0.25) is 14.6 Å². The standard InChI is InChI=1S/C12H12N4O5S/c1-15(2)11(18)8-4-3-6-13-10(8)22(20,21)16-7-5-9(17)14-12(16)19/h3-7H,1-2H3,(H,14,17,19). The van der Waals surface area contributed by atoms with Crippen LogP contribution in [0.15, 0.2) is 45.2 Å². The first kappa shape index (κ1) is 15.6. The van der Waals surface area contributed by atoms with E-state index in [4.69, 9.17) is 0 Å². The lowest BCUT2D eigenvalue weighted by Crippen LogP contribution is -2.35. The highest BCUT2D eigenvalue weighted by atomic mass is 32.2. The van der Waals surface area contributed by atoms with Crippen LogP contribution in [0, 0.1) is 0 Å². The van der Waals surface area contributed by atoms with Crippen LogP contribution in [0.4, 0.5) is 0 Å². The zero-order chi connectivity index (χ0) is 16.5. The van der Waals surface area contributed by atoms with Gasteiger partial charge in [-0.2, -0.15) is 12.4 Å². The molecule has 9 nitrogen and oxygen atoms in total. The summed E-state index contributed by atoms with van der Waals surface area (Å²) in [6, 6.07) is 3.58. The van der Waals surface area contributed by atoms with Gasteiger partial charge in [0.05, 0.1) is 5.56 Å². The fourth-order valence-electron chi connectivity index (χ4n) is 1.69. The topological polar surface area (TPSA) is 122 Å². The van der Waals surface area contributed by atoms with Gasteiger partial charge in [0.25, 0.3) is 21.5 Å². The average molecular weight is 324 g/mol. The second kappa shape index (κ2) is 5.56. The zero-order valence-electron chi connectivity index (χ0n) is 11.7. The largest absolute Gasteiger partial charge is 0.345 e. The summed E-state index contributed by atoms with van der Waals surface area (Å²) < 4.78 is 25.4. The Morgan fingerprint density at radius 2 is 1.95 bits per heavy atom. The number of aromatic amines is 1. The van der Waals surface area contributed by atoms with Crippen LogP contribution in [0.25, 0.3) is 0 Å². The third-order valence-electron chi connectivity index (χ3n) is 2.70. The minimum atomic E-state index is -4.42. The van der Waals surface area contributed by atoms with Crippen LogP contribution in [0.2, 0.25) is 0 Å². The molecule has 0 radical (unpaired) electrons. The van der Waals surface area contributed by atoms with E-state index in [0.29, 0.717) is 3.97 Å². The Balaban J connectivity index is 2.73. The highest BCUT2D eigenvalue weighted by molar-refractivity contribution is 7.89. The van der Waals surface area contributed by atoms with E-state index in [9.17, 15) is 22.8 Å². The highest BCUT2D eigenvalue weighted by Crippen LogP contribution is 2.15. The fraction of sp³-hybridized carbons (Fsp3) is 0.167. The van der Waals surface area contributed by atoms with Crippen LogP contribution >= 0.6 is 0 Å². The van der Waals surface area contributed by atoms with Crippen LogP contribution in [-0.2, 0) is 10.0 Å². The van der Waals surface area contributed by atoms with E-state index in [-0.39, 0.29) is 5.56 Å². The molecule has 0 aliphatic carbocycles. The second-order valence-electron chi connectivity index (χ2n) is 4.47. The maximum atomic E-state index is 12.5. The van der Waals surface area contributed by atoms with Gasteiger partial charge < -0.3 is 4.90 Å². The molecule has 10 heteroatoms. The van der Waals surface area contributed by atoms with Crippen molar-refractivity contribution < 1.29 is 13.2 Å². The molecule has 0 aliphatic heterocycles. The van der Waals surface area contributed by atoms with E-state index >= 15 is 0 Å². The first-order valence-electron chi connectivity index (χ1n) is 5.99. The number of aromatic nitrogens is 3. The first-order chi connectivity index (χ1) is 10.2. The monoisotopic (exact) mass is 324 g/mol. The lowest BCUT2D eigenvalue weighted by Gasteiger charge is -2.13. The SMILES string of the molecule is CN(C)C(=O)c1cccnc1S(=O)(=O)n1ccc(=O)[nH]c1=O. The molecule has 22 heavy (non-hydrogen) atoms. The second-order valence-corrected chi connectivity index (χ2v) is 6.20. The molecule has 0 spiro atoms. The van der Waals surface area contributed by atoms with Crippen molar-refractivity contribution in [1.29, 1.82) is 0 Å². The summed E-state index contributed by atoms with van der Waals surface area (Å²) >= 11 is 0. The lowest BCUT2D eigenvalue weighted by atomic mass is 10.2. The molecule has 0 saturated heterocycles. The number of hydrogen-bond donors (Lipinski definition) is 1. The van der Waals surface area contributed by atoms with Crippen LogP contribution in [-0.4, -0.2) is 47.3 Å². The van der Waals surface area contributed by atoms with Crippen LogP contribution in [0.5, 0.6) is 0 Å². The van der Waals surface area contributed by atoms with Crippen molar-refractivity contribution in [2.24, 2.45) is 0 Å². The van der Waals surface area contributed by atoms with Gasteiger partial charge in [-0.25, -0.2) is 9.78 Å². The van der Waals surface area contributed by atoms with Gasteiger partial charge >= 0.3 is 5.69 Å². The van der Waals surface area contributed by atoms with Gasteiger partial charge in [0, 0.05) is 32.6 Å². The van der Waals surface area contributed by atoms with Crippen LogP contribution < -0.4 is 11.2 Å². The number of hydrogen-bond acceptors (Lipinski definition) is 6. The number of H-pyrrole nitrogens is 1. The maximum absolute atomic E-state index is 12.5. The summed E-state index contributed by atoms with van der Waals surface area (Å²) in [7, 11) is -1.51. The lowest BCUT2D eigenvalue weighted by molar-refractivity contribution is 0.0823. The van der Waals surface area contributed by atoms with Crippen molar-refractivity contribution in [3.05, 3.63) is 57.0 Å². The number of nitrogens with zero attached hydrogens (tertiary/aromatic N) is 3. The summed E-state index contributed by atoms with van der Waals surface area (Å²) in [5.74, 6) is -0.579. The number of rotatable bonds is 3. The average Bonchev–Trinajstić information content (AvgIpc) is 2.46. The molecule has 0 fully saturated rings. The van der Waals surface area contributed by atoms with Gasteiger partial charge in [0.1, 0.15) is 0 Å². The van der Waals surface area contributed by atoms with Crippen molar-refractivity contribution in [1.82, 2.24) is 18.8 Å². The quantitative estimate of drug-likeness (QED) is 0.762. The maximum Gasteiger partial charge on any atom is 0.342 e. The molecule has 1 N–H and O–H groups in total.